The summed E-state index contributed by atoms with van der Waals surface area (Å²) in [5, 5.41) is 0. The second-order valence-corrected chi connectivity index (χ2v) is 13.3. The summed E-state index contributed by atoms with van der Waals surface area (Å²) in [6.07, 6.45) is 0. The Balaban J connectivity index is 1.62. The average molecular weight is 465 g/mol. The Labute approximate surface area is 198 Å². The van der Waals surface area contributed by atoms with E-state index in [9.17, 15) is 0 Å². The normalized spacial score (nSPS) is 16.1. The summed E-state index contributed by atoms with van der Waals surface area (Å²) in [4.78, 5) is 4.27. The minimum Gasteiger partial charge on any atom is -0.0622 e. The van der Waals surface area contributed by atoms with Gasteiger partial charge in [-0.2, -0.15) is 0 Å². The third kappa shape index (κ3) is 3.51. The first-order chi connectivity index (χ1) is 15.9. The topological polar surface area (TPSA) is 0 Å². The minimum absolute atomic E-state index is 0.0117. The Morgan fingerprint density at radius 3 is 1.03 bits per heavy atom. The fourth-order valence-electron chi connectivity index (χ4n) is 4.13. The molecule has 0 radical (unpaired) electrons. The molecular weight excluding hydrogens is 445 g/mol. The summed E-state index contributed by atoms with van der Waals surface area (Å²) in [6, 6.07) is 43.6. The number of rotatable bonds is 4. The smallest absolute Gasteiger partial charge is 0.0366 e. The van der Waals surface area contributed by atoms with E-state index in [4.69, 9.17) is 0 Å². The van der Waals surface area contributed by atoms with Crippen LogP contribution in [0.25, 0.3) is 21.0 Å². The van der Waals surface area contributed by atoms with Crippen LogP contribution < -0.4 is 0 Å². The van der Waals surface area contributed by atoms with Crippen LogP contribution >= 0.6 is 30.1 Å². The van der Waals surface area contributed by atoms with E-state index in [0.717, 1.165) is 0 Å². The second kappa shape index (κ2) is 8.67. The largest absolute Gasteiger partial charge is 0.0622 e. The molecule has 0 nitrogen and oxygen atoms in total. The maximum atomic E-state index is 2.26. The third-order valence-corrected chi connectivity index (χ3v) is 12.0. The van der Waals surface area contributed by atoms with Crippen molar-refractivity contribution in [2.45, 2.75) is 0 Å². The van der Waals surface area contributed by atoms with Gasteiger partial charge in [0.05, 0.1) is 0 Å². The minimum atomic E-state index is 0.0117. The first kappa shape index (κ1) is 19.9. The summed E-state index contributed by atoms with van der Waals surface area (Å²) >= 11 is 0. The van der Waals surface area contributed by atoms with Gasteiger partial charge in [-0.15, -0.1) is 0 Å². The van der Waals surface area contributed by atoms with Crippen LogP contribution in [-0.4, -0.2) is 4.86 Å². The molecule has 2 heterocycles. The zero-order valence-electron chi connectivity index (χ0n) is 17.3. The van der Waals surface area contributed by atoms with E-state index in [2.05, 4.69) is 121 Å². The lowest BCUT2D eigenvalue weighted by Crippen LogP contribution is -2.03. The number of benzene rings is 4. The first-order valence-electron chi connectivity index (χ1n) is 10.6. The molecule has 0 aliphatic carbocycles. The molecule has 0 bridgehead atoms. The molecule has 0 atom stereocenters. The number of hydrogen-bond acceptors (Lipinski definition) is 2. The van der Waals surface area contributed by atoms with E-state index in [1.54, 1.807) is 0 Å². The Morgan fingerprint density at radius 2 is 0.688 bits per heavy atom. The highest BCUT2D eigenvalue weighted by Gasteiger charge is 2.37. The van der Waals surface area contributed by atoms with Gasteiger partial charge >= 0.3 is 0 Å². The molecule has 2 aliphatic heterocycles. The van der Waals surface area contributed by atoms with Gasteiger partial charge in [-0.1, -0.05) is 151 Å². The van der Waals surface area contributed by atoms with E-state index >= 15 is 0 Å². The van der Waals surface area contributed by atoms with Crippen LogP contribution in [0.5, 0.6) is 0 Å². The maximum absolute atomic E-state index is 2.26. The highest BCUT2D eigenvalue weighted by Crippen LogP contribution is 2.69. The summed E-state index contributed by atoms with van der Waals surface area (Å²) in [7, 11) is 4.06. The van der Waals surface area contributed by atoms with Gasteiger partial charge in [0.15, 0.2) is 0 Å². The summed E-state index contributed by atoms with van der Waals surface area (Å²) in [5.74, 6) is 0. The molecule has 0 unspecified atom stereocenters. The highest BCUT2D eigenvalue weighted by molar-refractivity contribution is 9.19. The molecule has 0 saturated heterocycles. The van der Waals surface area contributed by atoms with Crippen molar-refractivity contribution >= 4 is 56.0 Å². The van der Waals surface area contributed by atoms with Gasteiger partial charge in [0, 0.05) is 25.8 Å². The molecule has 0 aromatic heterocycles. The molecule has 6 rings (SSSR count). The monoisotopic (exact) mass is 464 g/mol. The molecule has 32 heavy (non-hydrogen) atoms. The van der Waals surface area contributed by atoms with Crippen molar-refractivity contribution in [3.05, 3.63) is 144 Å². The van der Waals surface area contributed by atoms with E-state index in [-0.39, 0.29) is 8.55 Å². The van der Waals surface area contributed by atoms with Crippen LogP contribution in [0.15, 0.2) is 121 Å². The average Bonchev–Trinajstić information content (AvgIpc) is 3.43. The standard InChI is InChI=1S/C29H20S3/c1-5-13-21(14-6-1)25-27(23-17-9-3-10-18-23)30-32-29(25)26(22-15-7-2-8-16-22)28(31-32)24-19-11-4-12-20-24/h1-20H. The fourth-order valence-corrected chi connectivity index (χ4v) is 11.7. The van der Waals surface area contributed by atoms with Crippen molar-refractivity contribution in [2.75, 3.05) is 0 Å². The maximum Gasteiger partial charge on any atom is 0.0366 e. The summed E-state index contributed by atoms with van der Waals surface area (Å²) in [5.41, 5.74) is 7.99. The molecule has 2 aliphatic rings. The SMILES string of the molecule is c1ccc(C2=C(c3ccccc3)C3=S(S2)SC(c2ccccc2)=C3c2ccccc2)cc1. The van der Waals surface area contributed by atoms with Gasteiger partial charge in [0.2, 0.25) is 0 Å². The Kier molecular flexibility index (Phi) is 5.40. The van der Waals surface area contributed by atoms with Crippen LogP contribution in [0.1, 0.15) is 22.3 Å². The molecule has 3 heteroatoms. The third-order valence-electron chi connectivity index (χ3n) is 5.59. The van der Waals surface area contributed by atoms with Crippen LogP contribution in [0, 0.1) is 0 Å². The number of allylic oxidation sites excluding steroid dienone is 2. The lowest BCUT2D eigenvalue weighted by molar-refractivity contribution is 1.61. The van der Waals surface area contributed by atoms with Crippen molar-refractivity contribution in [1.29, 1.82) is 0 Å². The molecule has 0 amide bonds. The zero-order valence-corrected chi connectivity index (χ0v) is 19.7. The van der Waals surface area contributed by atoms with Crippen LogP contribution in [-0.2, 0) is 0 Å². The van der Waals surface area contributed by atoms with Crippen LogP contribution in [0.4, 0.5) is 0 Å². The lowest BCUT2D eigenvalue weighted by atomic mass is 9.90. The molecule has 0 fully saturated rings. The van der Waals surface area contributed by atoms with Gasteiger partial charge in [-0.3, -0.25) is 0 Å². The molecule has 4 aromatic rings. The Morgan fingerprint density at radius 1 is 0.375 bits per heavy atom. The van der Waals surface area contributed by atoms with E-state index in [1.165, 1.54) is 48.1 Å². The van der Waals surface area contributed by atoms with Crippen molar-refractivity contribution in [3.8, 4) is 0 Å². The van der Waals surface area contributed by atoms with E-state index < -0.39 is 0 Å². The van der Waals surface area contributed by atoms with Crippen molar-refractivity contribution < 1.29 is 0 Å². The zero-order chi connectivity index (χ0) is 21.3. The van der Waals surface area contributed by atoms with Crippen LogP contribution in [0.2, 0.25) is 0 Å². The van der Waals surface area contributed by atoms with Crippen molar-refractivity contribution in [2.24, 2.45) is 0 Å². The quantitative estimate of drug-likeness (QED) is 0.218. The van der Waals surface area contributed by atoms with Gasteiger partial charge in [-0.05, 0) is 22.3 Å². The molecule has 4 aromatic carbocycles. The number of hydrogen-bond donors (Lipinski definition) is 0. The Bertz CT molecular complexity index is 1260. The fraction of sp³-hybridized carbons (Fsp3) is 0. The van der Waals surface area contributed by atoms with E-state index in [1.807, 2.05) is 21.6 Å². The lowest BCUT2D eigenvalue weighted by Gasteiger charge is -2.16. The predicted octanol–water partition coefficient (Wildman–Crippen LogP) is 8.89. The van der Waals surface area contributed by atoms with Gasteiger partial charge in [0.1, 0.15) is 0 Å². The molecule has 0 N–H and O–H groups in total. The van der Waals surface area contributed by atoms with Crippen molar-refractivity contribution in [1.82, 2.24) is 0 Å². The summed E-state index contributed by atoms with van der Waals surface area (Å²) in [6.45, 7) is 0. The first-order valence-corrected chi connectivity index (χ1v) is 14.5. The molecular formula is C29H20S3. The van der Waals surface area contributed by atoms with Crippen LogP contribution in [0.3, 0.4) is 0 Å². The van der Waals surface area contributed by atoms with Crippen molar-refractivity contribution in [3.63, 3.8) is 0 Å². The van der Waals surface area contributed by atoms with E-state index in [0.29, 0.717) is 0 Å². The predicted molar refractivity (Wildman–Crippen MR) is 147 cm³/mol. The van der Waals surface area contributed by atoms with Gasteiger partial charge < -0.3 is 0 Å². The highest BCUT2D eigenvalue weighted by atomic mass is 33.5. The molecule has 154 valence electrons. The Hall–Kier alpha value is -2.72. The van der Waals surface area contributed by atoms with Gasteiger partial charge in [-0.25, -0.2) is 0 Å². The summed E-state index contributed by atoms with van der Waals surface area (Å²) < 4.78 is 0. The molecule has 0 spiro atoms. The van der Waals surface area contributed by atoms with Gasteiger partial charge in [0.25, 0.3) is 0 Å². The second-order valence-electron chi connectivity index (χ2n) is 7.60. The molecule has 0 saturated carbocycles.